The molecule has 0 saturated carbocycles. The predicted octanol–water partition coefficient (Wildman–Crippen LogP) is 2.39. The van der Waals surface area contributed by atoms with E-state index in [2.05, 4.69) is 60.9 Å². The average molecular weight is 291 g/mol. The van der Waals surface area contributed by atoms with Crippen molar-refractivity contribution in [1.29, 1.82) is 0 Å². The molecule has 0 unspecified atom stereocenters. The van der Waals surface area contributed by atoms with E-state index in [-0.39, 0.29) is 5.54 Å². The highest BCUT2D eigenvalue weighted by atomic mass is 15.3. The van der Waals surface area contributed by atoms with Crippen molar-refractivity contribution >= 4 is 11.6 Å². The number of nitrogens with one attached hydrogen (secondary N) is 1. The second kappa shape index (κ2) is 6.60. The van der Waals surface area contributed by atoms with Crippen LogP contribution in [0.25, 0.3) is 0 Å². The van der Waals surface area contributed by atoms with Crippen molar-refractivity contribution < 1.29 is 0 Å². The van der Waals surface area contributed by atoms with Gasteiger partial charge in [-0.05, 0) is 34.2 Å². The quantitative estimate of drug-likeness (QED) is 0.902. The first-order valence-corrected chi connectivity index (χ1v) is 8.04. The molecule has 1 aliphatic heterocycles. The molecule has 0 amide bonds. The number of rotatable bonds is 5. The molecule has 1 fully saturated rings. The molecule has 1 aromatic rings. The summed E-state index contributed by atoms with van der Waals surface area (Å²) >= 11 is 0. The predicted molar refractivity (Wildman–Crippen MR) is 89.1 cm³/mol. The highest BCUT2D eigenvalue weighted by Gasteiger charge is 2.31. The van der Waals surface area contributed by atoms with E-state index >= 15 is 0 Å². The Morgan fingerprint density at radius 1 is 1.24 bits per heavy atom. The zero-order chi connectivity index (χ0) is 15.5. The van der Waals surface area contributed by atoms with Crippen molar-refractivity contribution in [2.24, 2.45) is 0 Å². The molecule has 5 nitrogen and oxygen atoms in total. The summed E-state index contributed by atoms with van der Waals surface area (Å²) in [6.45, 7) is 12.8. The van der Waals surface area contributed by atoms with Gasteiger partial charge in [-0.1, -0.05) is 6.92 Å². The van der Waals surface area contributed by atoms with Gasteiger partial charge in [0.15, 0.2) is 0 Å². The lowest BCUT2D eigenvalue weighted by molar-refractivity contribution is 0.138. The van der Waals surface area contributed by atoms with Gasteiger partial charge in [0.1, 0.15) is 17.5 Å². The molecule has 0 aromatic carbocycles. The van der Waals surface area contributed by atoms with Crippen molar-refractivity contribution in [2.75, 3.05) is 43.4 Å². The molecule has 0 spiro atoms. The standard InChI is InChI=1S/C16H29N5/c1-6-8-13-18-14(17-7-2)11-15(19-13)21-10-9-20(5)16(3,4)12-21/h11H,6-10,12H2,1-5H3,(H,17,18,19). The zero-order valence-electron chi connectivity index (χ0n) is 14.1. The Labute approximate surface area is 128 Å². The Balaban J connectivity index is 2.25. The molecule has 1 aromatic heterocycles. The van der Waals surface area contributed by atoms with Crippen LogP contribution in [0.4, 0.5) is 11.6 Å². The van der Waals surface area contributed by atoms with Gasteiger partial charge in [0, 0.05) is 44.2 Å². The molecule has 1 aliphatic rings. The monoisotopic (exact) mass is 291 g/mol. The SMILES string of the molecule is CCCc1nc(NCC)cc(N2CCN(C)C(C)(C)C2)n1. The van der Waals surface area contributed by atoms with Crippen LogP contribution < -0.4 is 10.2 Å². The van der Waals surface area contributed by atoms with E-state index in [1.165, 1.54) is 0 Å². The summed E-state index contributed by atoms with van der Waals surface area (Å²) in [6.07, 6.45) is 2.01. The largest absolute Gasteiger partial charge is 0.370 e. The fourth-order valence-electron chi connectivity index (χ4n) is 2.69. The molecule has 21 heavy (non-hydrogen) atoms. The molecular formula is C16H29N5. The Kier molecular flexibility index (Phi) is 5.04. The van der Waals surface area contributed by atoms with Crippen LogP contribution in [0.15, 0.2) is 6.07 Å². The van der Waals surface area contributed by atoms with E-state index < -0.39 is 0 Å². The molecule has 0 aliphatic carbocycles. The minimum Gasteiger partial charge on any atom is -0.370 e. The maximum Gasteiger partial charge on any atom is 0.134 e. The lowest BCUT2D eigenvalue weighted by atomic mass is 10.00. The molecule has 0 bridgehead atoms. The summed E-state index contributed by atoms with van der Waals surface area (Å²) in [5.74, 6) is 2.95. The van der Waals surface area contributed by atoms with Gasteiger partial charge in [0.05, 0.1) is 0 Å². The van der Waals surface area contributed by atoms with Crippen molar-refractivity contribution in [1.82, 2.24) is 14.9 Å². The van der Waals surface area contributed by atoms with Crippen LogP contribution in [0.1, 0.15) is 39.9 Å². The molecule has 118 valence electrons. The minimum absolute atomic E-state index is 0.173. The first kappa shape index (κ1) is 16.0. The normalized spacial score (nSPS) is 18.8. The lowest BCUT2D eigenvalue weighted by Gasteiger charge is -2.45. The van der Waals surface area contributed by atoms with Gasteiger partial charge in [-0.2, -0.15) is 0 Å². The molecule has 0 atom stereocenters. The Hall–Kier alpha value is -1.36. The van der Waals surface area contributed by atoms with E-state index in [9.17, 15) is 0 Å². The maximum absolute atomic E-state index is 4.78. The summed E-state index contributed by atoms with van der Waals surface area (Å²) in [6, 6.07) is 2.09. The van der Waals surface area contributed by atoms with Gasteiger partial charge in [0.2, 0.25) is 0 Å². The Bertz CT molecular complexity index is 447. The topological polar surface area (TPSA) is 44.3 Å². The van der Waals surface area contributed by atoms with Crippen LogP contribution in [-0.2, 0) is 6.42 Å². The number of aryl methyl sites for hydroxylation is 1. The summed E-state index contributed by atoms with van der Waals surface area (Å²) in [7, 11) is 2.20. The lowest BCUT2D eigenvalue weighted by Crippen LogP contribution is -2.57. The number of hydrogen-bond acceptors (Lipinski definition) is 5. The third-order valence-electron chi connectivity index (χ3n) is 4.23. The molecule has 1 saturated heterocycles. The Morgan fingerprint density at radius 3 is 2.62 bits per heavy atom. The second-order valence-electron chi connectivity index (χ2n) is 6.46. The van der Waals surface area contributed by atoms with E-state index in [1.807, 2.05) is 0 Å². The van der Waals surface area contributed by atoms with E-state index in [4.69, 9.17) is 4.98 Å². The molecular weight excluding hydrogens is 262 g/mol. The van der Waals surface area contributed by atoms with Gasteiger partial charge in [-0.25, -0.2) is 9.97 Å². The highest BCUT2D eigenvalue weighted by molar-refractivity contribution is 5.50. The first-order valence-electron chi connectivity index (χ1n) is 8.04. The highest BCUT2D eigenvalue weighted by Crippen LogP contribution is 2.24. The van der Waals surface area contributed by atoms with E-state index in [0.717, 1.165) is 56.5 Å². The smallest absolute Gasteiger partial charge is 0.134 e. The average Bonchev–Trinajstić information content (AvgIpc) is 2.42. The summed E-state index contributed by atoms with van der Waals surface area (Å²) in [5.41, 5.74) is 0.173. The number of anilines is 2. The van der Waals surface area contributed by atoms with Crippen LogP contribution in [-0.4, -0.2) is 53.6 Å². The van der Waals surface area contributed by atoms with Crippen molar-refractivity contribution in [3.63, 3.8) is 0 Å². The maximum atomic E-state index is 4.78. The number of piperazine rings is 1. The van der Waals surface area contributed by atoms with Gasteiger partial charge in [-0.3, -0.25) is 4.90 Å². The van der Waals surface area contributed by atoms with E-state index in [0.29, 0.717) is 0 Å². The number of nitrogens with zero attached hydrogens (tertiary/aromatic N) is 4. The Morgan fingerprint density at radius 2 is 2.00 bits per heavy atom. The fraction of sp³-hybridized carbons (Fsp3) is 0.750. The number of likely N-dealkylation sites (N-methyl/N-ethyl adjacent to an activating group) is 1. The van der Waals surface area contributed by atoms with E-state index in [1.54, 1.807) is 0 Å². The first-order chi connectivity index (χ1) is 9.96. The summed E-state index contributed by atoms with van der Waals surface area (Å²) < 4.78 is 0. The summed E-state index contributed by atoms with van der Waals surface area (Å²) in [5, 5.41) is 3.33. The zero-order valence-corrected chi connectivity index (χ0v) is 14.1. The fourth-order valence-corrected chi connectivity index (χ4v) is 2.69. The molecule has 1 N–H and O–H groups in total. The molecule has 5 heteroatoms. The van der Waals surface area contributed by atoms with Gasteiger partial charge >= 0.3 is 0 Å². The van der Waals surface area contributed by atoms with Gasteiger partial charge < -0.3 is 10.2 Å². The van der Waals surface area contributed by atoms with Crippen LogP contribution in [0.5, 0.6) is 0 Å². The number of aromatic nitrogens is 2. The molecule has 0 radical (unpaired) electrons. The minimum atomic E-state index is 0.173. The second-order valence-corrected chi connectivity index (χ2v) is 6.46. The third-order valence-corrected chi connectivity index (χ3v) is 4.23. The third kappa shape index (κ3) is 3.84. The molecule has 2 heterocycles. The van der Waals surface area contributed by atoms with Crippen molar-refractivity contribution in [2.45, 2.75) is 46.1 Å². The van der Waals surface area contributed by atoms with Crippen molar-refractivity contribution in [3.05, 3.63) is 11.9 Å². The van der Waals surface area contributed by atoms with Gasteiger partial charge in [0.25, 0.3) is 0 Å². The van der Waals surface area contributed by atoms with Crippen LogP contribution in [0, 0.1) is 0 Å². The van der Waals surface area contributed by atoms with Crippen molar-refractivity contribution in [3.8, 4) is 0 Å². The van der Waals surface area contributed by atoms with Crippen LogP contribution in [0.3, 0.4) is 0 Å². The number of hydrogen-bond donors (Lipinski definition) is 1. The summed E-state index contributed by atoms with van der Waals surface area (Å²) in [4.78, 5) is 14.2. The van der Waals surface area contributed by atoms with Crippen LogP contribution >= 0.6 is 0 Å². The van der Waals surface area contributed by atoms with Gasteiger partial charge in [-0.15, -0.1) is 0 Å². The van der Waals surface area contributed by atoms with Crippen LogP contribution in [0.2, 0.25) is 0 Å². The molecule has 2 rings (SSSR count).